The summed E-state index contributed by atoms with van der Waals surface area (Å²) in [6.07, 6.45) is 1.77. The molecular formula is C21H32N8O. The molecule has 3 rings (SSSR count). The lowest BCUT2D eigenvalue weighted by atomic mass is 10.2. The highest BCUT2D eigenvalue weighted by atomic mass is 16.5. The molecule has 3 N–H and O–H groups in total. The average Bonchev–Trinajstić information content (AvgIpc) is 2.72. The van der Waals surface area contributed by atoms with Gasteiger partial charge in [-0.3, -0.25) is 0 Å². The minimum absolute atomic E-state index is 0.381. The Morgan fingerprint density at radius 3 is 2.67 bits per heavy atom. The summed E-state index contributed by atoms with van der Waals surface area (Å²) < 4.78 is 5.46. The first-order valence-electron chi connectivity index (χ1n) is 10.4. The summed E-state index contributed by atoms with van der Waals surface area (Å²) in [5.74, 6) is 1.96. The van der Waals surface area contributed by atoms with Gasteiger partial charge in [-0.1, -0.05) is 0 Å². The van der Waals surface area contributed by atoms with Gasteiger partial charge in [0, 0.05) is 45.5 Å². The standard InChI is InChI=1S/C21H32N8O/c1-5-30-13-8-24-19-18(16(3)22)26-21(29-11-9-28(4)10-12-29)27-20(19)25-17-14-15(2)6-7-23-17/h6-7,14,22,24H,5,8-13H2,1-4H3,(H,23,25,26,27). The number of ether oxygens (including phenoxy) is 1. The van der Waals surface area contributed by atoms with Gasteiger partial charge in [-0.05, 0) is 45.5 Å². The number of aromatic nitrogens is 3. The largest absolute Gasteiger partial charge is 0.380 e. The smallest absolute Gasteiger partial charge is 0.228 e. The fourth-order valence-corrected chi connectivity index (χ4v) is 3.24. The maximum atomic E-state index is 8.31. The van der Waals surface area contributed by atoms with Crippen LogP contribution in [0.3, 0.4) is 0 Å². The molecule has 9 nitrogen and oxygen atoms in total. The number of piperazine rings is 1. The van der Waals surface area contributed by atoms with Crippen LogP contribution >= 0.6 is 0 Å². The highest BCUT2D eigenvalue weighted by Gasteiger charge is 2.22. The van der Waals surface area contributed by atoms with Crippen LogP contribution in [0.5, 0.6) is 0 Å². The monoisotopic (exact) mass is 412 g/mol. The molecular weight excluding hydrogens is 380 g/mol. The Labute approximate surface area is 178 Å². The van der Waals surface area contributed by atoms with Crippen LogP contribution < -0.4 is 15.5 Å². The number of aryl methyl sites for hydroxylation is 1. The Morgan fingerprint density at radius 2 is 2.00 bits per heavy atom. The van der Waals surface area contributed by atoms with E-state index < -0.39 is 0 Å². The fraction of sp³-hybridized carbons (Fsp3) is 0.524. The molecule has 0 aliphatic carbocycles. The maximum absolute atomic E-state index is 8.31. The van der Waals surface area contributed by atoms with Crippen LogP contribution in [-0.2, 0) is 4.74 Å². The number of pyridine rings is 1. The molecule has 0 atom stereocenters. The number of nitrogens with one attached hydrogen (secondary N) is 3. The molecule has 0 spiro atoms. The van der Waals surface area contributed by atoms with E-state index in [4.69, 9.17) is 20.1 Å². The summed E-state index contributed by atoms with van der Waals surface area (Å²) in [5.41, 5.74) is 2.77. The summed E-state index contributed by atoms with van der Waals surface area (Å²) in [6, 6.07) is 3.92. The van der Waals surface area contributed by atoms with E-state index in [0.29, 0.717) is 54.4 Å². The van der Waals surface area contributed by atoms with Gasteiger partial charge in [0.1, 0.15) is 17.2 Å². The van der Waals surface area contributed by atoms with E-state index >= 15 is 0 Å². The summed E-state index contributed by atoms with van der Waals surface area (Å²) in [5, 5.41) is 15.0. The van der Waals surface area contributed by atoms with E-state index in [1.165, 1.54) is 0 Å². The van der Waals surface area contributed by atoms with Gasteiger partial charge in [-0.2, -0.15) is 4.98 Å². The minimum atomic E-state index is 0.381. The molecule has 2 aromatic rings. The van der Waals surface area contributed by atoms with Crippen molar-refractivity contribution in [1.82, 2.24) is 19.9 Å². The Kier molecular flexibility index (Phi) is 7.53. The summed E-state index contributed by atoms with van der Waals surface area (Å²) in [4.78, 5) is 18.5. The van der Waals surface area contributed by atoms with Gasteiger partial charge in [0.05, 0.1) is 12.3 Å². The van der Waals surface area contributed by atoms with Crippen LogP contribution in [0, 0.1) is 12.3 Å². The Bertz CT molecular complexity index is 864. The van der Waals surface area contributed by atoms with E-state index in [2.05, 4.69) is 32.5 Å². The second kappa shape index (κ2) is 10.3. The lowest BCUT2D eigenvalue weighted by Gasteiger charge is -2.33. The number of likely N-dealkylation sites (N-methyl/N-ethyl adjacent to an activating group) is 1. The van der Waals surface area contributed by atoms with Crippen LogP contribution in [0.25, 0.3) is 0 Å². The van der Waals surface area contributed by atoms with Crippen molar-refractivity contribution < 1.29 is 4.74 Å². The van der Waals surface area contributed by atoms with Gasteiger partial charge >= 0.3 is 0 Å². The van der Waals surface area contributed by atoms with Crippen molar-refractivity contribution in [3.8, 4) is 0 Å². The first kappa shape index (κ1) is 21.9. The van der Waals surface area contributed by atoms with Crippen LogP contribution in [0.4, 0.5) is 23.3 Å². The Hall–Kier alpha value is -2.78. The molecule has 0 saturated carbocycles. The van der Waals surface area contributed by atoms with Crippen molar-refractivity contribution in [3.63, 3.8) is 0 Å². The normalized spacial score (nSPS) is 14.6. The molecule has 9 heteroatoms. The second-order valence-electron chi connectivity index (χ2n) is 7.48. The van der Waals surface area contributed by atoms with Crippen molar-refractivity contribution in [3.05, 3.63) is 29.6 Å². The first-order valence-corrected chi connectivity index (χ1v) is 10.4. The van der Waals surface area contributed by atoms with Gasteiger partial charge in [0.25, 0.3) is 0 Å². The van der Waals surface area contributed by atoms with Crippen LogP contribution in [0.15, 0.2) is 18.3 Å². The Balaban J connectivity index is 1.97. The summed E-state index contributed by atoms with van der Waals surface area (Å²) in [6.45, 7) is 11.2. The molecule has 0 amide bonds. The van der Waals surface area contributed by atoms with E-state index in [9.17, 15) is 0 Å². The van der Waals surface area contributed by atoms with E-state index in [1.807, 2.05) is 26.0 Å². The fourth-order valence-electron chi connectivity index (χ4n) is 3.24. The predicted molar refractivity (Wildman–Crippen MR) is 121 cm³/mol. The molecule has 1 fully saturated rings. The quantitative estimate of drug-likeness (QED) is 0.427. The summed E-state index contributed by atoms with van der Waals surface area (Å²) >= 11 is 0. The highest BCUT2D eigenvalue weighted by molar-refractivity contribution is 6.02. The van der Waals surface area contributed by atoms with Gasteiger partial charge < -0.3 is 30.6 Å². The van der Waals surface area contributed by atoms with Crippen LogP contribution in [0.1, 0.15) is 25.1 Å². The number of hydrogen-bond acceptors (Lipinski definition) is 9. The van der Waals surface area contributed by atoms with Gasteiger partial charge in [-0.15, -0.1) is 0 Å². The van der Waals surface area contributed by atoms with Crippen molar-refractivity contribution in [2.45, 2.75) is 20.8 Å². The zero-order chi connectivity index (χ0) is 21.5. The molecule has 162 valence electrons. The van der Waals surface area contributed by atoms with Crippen molar-refractivity contribution in [1.29, 1.82) is 5.41 Å². The zero-order valence-electron chi connectivity index (χ0n) is 18.3. The van der Waals surface area contributed by atoms with Crippen LogP contribution in [0.2, 0.25) is 0 Å². The number of nitrogens with zero attached hydrogens (tertiary/aromatic N) is 5. The third-order valence-corrected chi connectivity index (χ3v) is 4.95. The average molecular weight is 413 g/mol. The van der Waals surface area contributed by atoms with E-state index in [-0.39, 0.29) is 0 Å². The third-order valence-electron chi connectivity index (χ3n) is 4.95. The molecule has 2 aromatic heterocycles. The lowest BCUT2D eigenvalue weighted by Crippen LogP contribution is -2.45. The SMILES string of the molecule is CCOCCNc1c(Nc2cc(C)ccn2)nc(N2CCN(C)CC2)nc1C(C)=N. The number of hydrogen-bond donors (Lipinski definition) is 3. The predicted octanol–water partition coefficient (Wildman–Crippen LogP) is 2.51. The molecule has 3 heterocycles. The first-order chi connectivity index (χ1) is 14.5. The molecule has 0 unspecified atom stereocenters. The topological polar surface area (TPSA) is 102 Å². The molecule has 0 bridgehead atoms. The van der Waals surface area contributed by atoms with Crippen LogP contribution in [-0.4, -0.2) is 78.5 Å². The lowest BCUT2D eigenvalue weighted by molar-refractivity contribution is 0.158. The molecule has 0 radical (unpaired) electrons. The third kappa shape index (κ3) is 5.64. The molecule has 30 heavy (non-hydrogen) atoms. The molecule has 1 aliphatic heterocycles. The van der Waals surface area contributed by atoms with Gasteiger partial charge in [0.15, 0.2) is 5.82 Å². The van der Waals surface area contributed by atoms with E-state index in [1.54, 1.807) is 13.1 Å². The van der Waals surface area contributed by atoms with Gasteiger partial charge in [0.2, 0.25) is 5.95 Å². The molecule has 1 saturated heterocycles. The Morgan fingerprint density at radius 1 is 1.23 bits per heavy atom. The van der Waals surface area contributed by atoms with Crippen molar-refractivity contribution in [2.75, 3.05) is 68.5 Å². The van der Waals surface area contributed by atoms with Crippen molar-refractivity contribution in [2.24, 2.45) is 0 Å². The molecule has 0 aromatic carbocycles. The minimum Gasteiger partial charge on any atom is -0.380 e. The molecule has 1 aliphatic rings. The number of anilines is 4. The second-order valence-corrected chi connectivity index (χ2v) is 7.48. The highest BCUT2D eigenvalue weighted by Crippen LogP contribution is 2.29. The number of rotatable bonds is 9. The van der Waals surface area contributed by atoms with E-state index in [0.717, 1.165) is 31.7 Å². The van der Waals surface area contributed by atoms with Gasteiger partial charge in [-0.25, -0.2) is 9.97 Å². The zero-order valence-corrected chi connectivity index (χ0v) is 18.3. The maximum Gasteiger partial charge on any atom is 0.228 e. The van der Waals surface area contributed by atoms with Crippen molar-refractivity contribution >= 4 is 29.0 Å². The summed E-state index contributed by atoms with van der Waals surface area (Å²) in [7, 11) is 2.12.